The molecule has 0 spiro atoms. The molecule has 2 atom stereocenters. The van der Waals surface area contributed by atoms with Crippen LogP contribution >= 0.6 is 0 Å². The first-order valence-electron chi connectivity index (χ1n) is 10.7. The standard InChI is InChI=1S/C24H32N2O5Si/c1-24(2,3)32(18-12-8-6-9-13-18,19-14-10-7-11-15-19)31-20-16-17-26(23(28)29)21(20)22(27)25(4)30-5/h6-15,20-21H,16-17H2,1-5H3,(H,28,29)/t20-,21-/m0/s1. The smallest absolute Gasteiger partial charge is 0.408 e. The molecule has 2 amide bonds. The molecule has 0 radical (unpaired) electrons. The van der Waals surface area contributed by atoms with Gasteiger partial charge in [-0.3, -0.25) is 14.5 Å². The number of hydrogen-bond acceptors (Lipinski definition) is 4. The van der Waals surface area contributed by atoms with E-state index in [0.717, 1.165) is 15.4 Å². The summed E-state index contributed by atoms with van der Waals surface area (Å²) in [7, 11) is -0.0709. The van der Waals surface area contributed by atoms with Crippen LogP contribution in [-0.2, 0) is 14.1 Å². The van der Waals surface area contributed by atoms with Crippen LogP contribution in [0.2, 0.25) is 5.04 Å². The fourth-order valence-electron chi connectivity index (χ4n) is 4.59. The molecular formula is C24H32N2O5Si. The largest absolute Gasteiger partial charge is 0.465 e. The zero-order valence-corrected chi connectivity index (χ0v) is 20.3. The number of carbonyl (C=O) groups is 2. The molecule has 1 saturated heterocycles. The Balaban J connectivity index is 2.16. The quantitative estimate of drug-likeness (QED) is 0.534. The van der Waals surface area contributed by atoms with Crippen molar-refractivity contribution in [3.63, 3.8) is 0 Å². The van der Waals surface area contributed by atoms with Crippen molar-refractivity contribution >= 4 is 30.7 Å². The van der Waals surface area contributed by atoms with Gasteiger partial charge in [-0.2, -0.15) is 0 Å². The number of likely N-dealkylation sites (N-methyl/N-ethyl adjacent to an activating group) is 1. The van der Waals surface area contributed by atoms with Gasteiger partial charge in [0.25, 0.3) is 14.2 Å². The van der Waals surface area contributed by atoms with Crippen LogP contribution in [0.15, 0.2) is 60.7 Å². The minimum absolute atomic E-state index is 0.228. The lowest BCUT2D eigenvalue weighted by Crippen LogP contribution is -2.69. The van der Waals surface area contributed by atoms with E-state index in [0.29, 0.717) is 6.42 Å². The predicted molar refractivity (Wildman–Crippen MR) is 125 cm³/mol. The Morgan fingerprint density at radius 2 is 1.53 bits per heavy atom. The van der Waals surface area contributed by atoms with Gasteiger partial charge in [-0.05, 0) is 21.8 Å². The van der Waals surface area contributed by atoms with Gasteiger partial charge in [0, 0.05) is 13.6 Å². The molecule has 3 rings (SSSR count). The first-order valence-corrected chi connectivity index (χ1v) is 12.6. The van der Waals surface area contributed by atoms with Crippen molar-refractivity contribution in [1.29, 1.82) is 0 Å². The molecule has 7 nitrogen and oxygen atoms in total. The molecule has 1 aliphatic heterocycles. The van der Waals surface area contributed by atoms with Crippen molar-refractivity contribution < 1.29 is 24.0 Å². The van der Waals surface area contributed by atoms with E-state index in [1.165, 1.54) is 19.1 Å². The van der Waals surface area contributed by atoms with Gasteiger partial charge in [-0.1, -0.05) is 81.4 Å². The summed E-state index contributed by atoms with van der Waals surface area (Å²) in [5, 5.41) is 12.7. The molecule has 1 N–H and O–H groups in total. The van der Waals surface area contributed by atoms with Crippen LogP contribution in [0, 0.1) is 0 Å². The Hall–Kier alpha value is -2.68. The van der Waals surface area contributed by atoms with Gasteiger partial charge in [0.05, 0.1) is 13.2 Å². The third kappa shape index (κ3) is 4.30. The summed E-state index contributed by atoms with van der Waals surface area (Å²) in [5.74, 6) is -0.435. The van der Waals surface area contributed by atoms with E-state index in [-0.39, 0.29) is 11.6 Å². The van der Waals surface area contributed by atoms with Crippen molar-refractivity contribution in [3.8, 4) is 0 Å². The van der Waals surface area contributed by atoms with Crippen LogP contribution in [0.4, 0.5) is 4.79 Å². The molecular weight excluding hydrogens is 424 g/mol. The summed E-state index contributed by atoms with van der Waals surface area (Å²) >= 11 is 0. The molecule has 0 aliphatic carbocycles. The first kappa shape index (κ1) is 24.0. The highest BCUT2D eigenvalue weighted by molar-refractivity contribution is 6.99. The average molecular weight is 457 g/mol. The molecule has 1 aliphatic rings. The predicted octanol–water partition coefficient (Wildman–Crippen LogP) is 2.70. The molecule has 1 heterocycles. The molecule has 0 saturated carbocycles. The third-order valence-electron chi connectivity index (χ3n) is 6.17. The summed E-state index contributed by atoms with van der Waals surface area (Å²) in [4.78, 5) is 31.3. The maximum atomic E-state index is 13.1. The van der Waals surface area contributed by atoms with Gasteiger partial charge in [0.15, 0.2) is 0 Å². The molecule has 2 aromatic carbocycles. The van der Waals surface area contributed by atoms with E-state index in [2.05, 4.69) is 45.0 Å². The molecule has 8 heteroatoms. The van der Waals surface area contributed by atoms with Crippen LogP contribution in [0.25, 0.3) is 0 Å². The van der Waals surface area contributed by atoms with Gasteiger partial charge >= 0.3 is 6.09 Å². The Kier molecular flexibility index (Phi) is 7.07. The van der Waals surface area contributed by atoms with Gasteiger partial charge < -0.3 is 9.53 Å². The van der Waals surface area contributed by atoms with E-state index in [1.807, 2.05) is 36.4 Å². The Morgan fingerprint density at radius 1 is 1.03 bits per heavy atom. The van der Waals surface area contributed by atoms with Crippen molar-refractivity contribution in [2.75, 3.05) is 20.7 Å². The molecule has 0 unspecified atom stereocenters. The van der Waals surface area contributed by atoms with E-state index in [1.54, 1.807) is 0 Å². The Labute approximate surface area is 190 Å². The van der Waals surface area contributed by atoms with E-state index in [9.17, 15) is 14.7 Å². The van der Waals surface area contributed by atoms with E-state index >= 15 is 0 Å². The minimum atomic E-state index is -2.94. The number of likely N-dealkylation sites (tertiary alicyclic amines) is 1. The summed E-state index contributed by atoms with van der Waals surface area (Å²) in [5.41, 5.74) is 0. The number of rotatable bonds is 6. The van der Waals surface area contributed by atoms with Gasteiger partial charge in [0.1, 0.15) is 6.04 Å². The van der Waals surface area contributed by atoms with Gasteiger partial charge in [0.2, 0.25) is 0 Å². The number of hydrogen-bond donors (Lipinski definition) is 1. The lowest BCUT2D eigenvalue weighted by molar-refractivity contribution is -0.175. The summed E-state index contributed by atoms with van der Waals surface area (Å²) in [6.45, 7) is 6.69. The number of hydroxylamine groups is 2. The Morgan fingerprint density at radius 3 is 1.94 bits per heavy atom. The van der Waals surface area contributed by atoms with Crippen molar-refractivity contribution in [2.24, 2.45) is 0 Å². The SMILES string of the molecule is CON(C)C(=O)[C@@H]1[C@@H](O[Si](c2ccccc2)(c2ccccc2)C(C)(C)C)CCN1C(=O)O. The van der Waals surface area contributed by atoms with Crippen LogP contribution in [0.5, 0.6) is 0 Å². The Bertz CT molecular complexity index is 893. The fraction of sp³-hybridized carbons (Fsp3) is 0.417. The number of benzene rings is 2. The summed E-state index contributed by atoms with van der Waals surface area (Å²) < 4.78 is 7.08. The number of carbonyl (C=O) groups excluding carboxylic acids is 1. The number of carboxylic acid groups (broad SMARTS) is 1. The van der Waals surface area contributed by atoms with E-state index < -0.39 is 32.5 Å². The monoisotopic (exact) mass is 456 g/mol. The highest BCUT2D eigenvalue weighted by Gasteiger charge is 2.55. The number of nitrogens with zero attached hydrogens (tertiary/aromatic N) is 2. The molecule has 2 aromatic rings. The minimum Gasteiger partial charge on any atom is -0.465 e. The second kappa shape index (κ2) is 9.44. The van der Waals surface area contributed by atoms with E-state index in [4.69, 9.17) is 9.26 Å². The molecule has 172 valence electrons. The van der Waals surface area contributed by atoms with Crippen LogP contribution in [-0.4, -0.2) is 68.2 Å². The van der Waals surface area contributed by atoms with Crippen molar-refractivity contribution in [2.45, 2.75) is 44.4 Å². The molecule has 0 bridgehead atoms. The lowest BCUT2D eigenvalue weighted by Gasteiger charge is -2.45. The van der Waals surface area contributed by atoms with Gasteiger partial charge in [-0.15, -0.1) is 0 Å². The zero-order chi connectivity index (χ0) is 23.5. The fourth-order valence-corrected chi connectivity index (χ4v) is 9.30. The third-order valence-corrected chi connectivity index (χ3v) is 11.2. The second-order valence-corrected chi connectivity index (χ2v) is 13.3. The molecule has 1 fully saturated rings. The second-order valence-electron chi connectivity index (χ2n) is 9.05. The topological polar surface area (TPSA) is 79.3 Å². The van der Waals surface area contributed by atoms with Crippen LogP contribution in [0.1, 0.15) is 27.2 Å². The summed E-state index contributed by atoms with van der Waals surface area (Å²) in [6, 6.07) is 19.2. The summed E-state index contributed by atoms with van der Waals surface area (Å²) in [6.07, 6.45) is -1.30. The zero-order valence-electron chi connectivity index (χ0n) is 19.3. The van der Waals surface area contributed by atoms with Crippen LogP contribution < -0.4 is 10.4 Å². The highest BCUT2D eigenvalue weighted by atomic mass is 28.4. The normalized spacial score (nSPS) is 19.1. The van der Waals surface area contributed by atoms with Crippen molar-refractivity contribution in [1.82, 2.24) is 9.96 Å². The van der Waals surface area contributed by atoms with Crippen molar-refractivity contribution in [3.05, 3.63) is 60.7 Å². The van der Waals surface area contributed by atoms with Crippen LogP contribution in [0.3, 0.4) is 0 Å². The number of amides is 2. The molecule has 32 heavy (non-hydrogen) atoms. The first-order chi connectivity index (χ1) is 15.1. The maximum Gasteiger partial charge on any atom is 0.408 e. The molecule has 0 aromatic heterocycles. The average Bonchev–Trinajstić information content (AvgIpc) is 3.20. The maximum absolute atomic E-state index is 13.1. The highest BCUT2D eigenvalue weighted by Crippen LogP contribution is 2.39. The van der Waals surface area contributed by atoms with Gasteiger partial charge in [-0.25, -0.2) is 9.86 Å². The lowest BCUT2D eigenvalue weighted by atomic mass is 10.1.